The average molecular weight is 613 g/mol. The van der Waals surface area contributed by atoms with Crippen molar-refractivity contribution in [2.75, 3.05) is 25.6 Å². The molecule has 0 saturated heterocycles. The van der Waals surface area contributed by atoms with Gasteiger partial charge in [0.05, 0.1) is 6.67 Å². The van der Waals surface area contributed by atoms with Crippen LogP contribution in [0.5, 0.6) is 0 Å². The van der Waals surface area contributed by atoms with Crippen LogP contribution >= 0.6 is 0 Å². The second-order valence-corrected chi connectivity index (χ2v) is 12.6. The van der Waals surface area contributed by atoms with E-state index >= 15 is 0 Å². The van der Waals surface area contributed by atoms with Gasteiger partial charge in [0.1, 0.15) is 5.82 Å². The van der Waals surface area contributed by atoms with Crippen LogP contribution in [-0.2, 0) is 18.3 Å². The molecule has 1 aliphatic heterocycles. The molecule has 0 saturated carbocycles. The number of rotatable bonds is 11. The lowest BCUT2D eigenvalue weighted by Crippen LogP contribution is -2.13. The number of pyridine rings is 2. The van der Waals surface area contributed by atoms with Crippen molar-refractivity contribution in [3.8, 4) is 0 Å². The van der Waals surface area contributed by atoms with Crippen molar-refractivity contribution >= 4 is 5.82 Å². The molecule has 0 aromatic carbocycles. The van der Waals surface area contributed by atoms with Gasteiger partial charge in [0.25, 0.3) is 0 Å². The van der Waals surface area contributed by atoms with Gasteiger partial charge in [-0.25, -0.2) is 4.98 Å². The second kappa shape index (κ2) is 27.8. The zero-order chi connectivity index (χ0) is 33.8. The summed E-state index contributed by atoms with van der Waals surface area (Å²) in [5.41, 5.74) is 6.64. The minimum absolute atomic E-state index is 0.146. The van der Waals surface area contributed by atoms with Crippen LogP contribution in [0.1, 0.15) is 136 Å². The second-order valence-electron chi connectivity index (χ2n) is 12.6. The van der Waals surface area contributed by atoms with Crippen molar-refractivity contribution in [2.24, 2.45) is 5.92 Å². The summed E-state index contributed by atoms with van der Waals surface area (Å²) in [7, 11) is 1.81. The molecule has 2 aromatic heterocycles. The molecule has 2 aromatic rings. The van der Waals surface area contributed by atoms with Gasteiger partial charge in [-0.3, -0.25) is 9.37 Å². The maximum absolute atomic E-state index is 11.7. The largest absolute Gasteiger partial charge is 0.394 e. The fraction of sp³-hybridized carbons (Fsp3) is 0.641. The molecular weight excluding hydrogens is 543 g/mol. The maximum Gasteiger partial charge on any atom is 0.129 e. The molecule has 44 heavy (non-hydrogen) atoms. The zero-order valence-corrected chi connectivity index (χ0v) is 30.4. The minimum atomic E-state index is -0.146. The first-order valence-electron chi connectivity index (χ1n) is 17.1. The first-order chi connectivity index (χ1) is 20.9. The molecule has 1 aliphatic rings. The van der Waals surface area contributed by atoms with E-state index in [2.05, 4.69) is 100 Å². The van der Waals surface area contributed by atoms with Crippen LogP contribution in [0.4, 0.5) is 10.2 Å². The van der Waals surface area contributed by atoms with E-state index in [-0.39, 0.29) is 12.1 Å². The summed E-state index contributed by atoms with van der Waals surface area (Å²) in [6, 6.07) is 8.58. The third kappa shape index (κ3) is 22.8. The van der Waals surface area contributed by atoms with E-state index in [0.717, 1.165) is 37.3 Å². The molecular formula is C39H69FN4. The predicted octanol–water partition coefficient (Wildman–Crippen LogP) is 11.4. The van der Waals surface area contributed by atoms with Gasteiger partial charge < -0.3 is 10.6 Å². The molecule has 2 N–H and O–H groups in total. The topological polar surface area (TPSA) is 49.8 Å². The van der Waals surface area contributed by atoms with Gasteiger partial charge in [-0.15, -0.1) is 6.58 Å². The molecule has 0 bridgehead atoms. The van der Waals surface area contributed by atoms with Gasteiger partial charge in [0.2, 0.25) is 0 Å². The Morgan fingerprint density at radius 2 is 1.70 bits per heavy atom. The van der Waals surface area contributed by atoms with Crippen molar-refractivity contribution in [3.63, 3.8) is 0 Å². The standard InChI is InChI=1S/C13H20N2.C10H15N.C7H14.C6H13F.C3H7N/c1-2-3-4-7-12-9-8-11-6-5-10-14-13(11)15-12;1-8-9(10(2,3)4)6-5-7-11-8;1-4-5-6-7(2)3;1-3-6(4-2)5-7;1-3-4-2/h8-9H,2-7,10H2,1H3,(H,14,15);5-7H,1-4H3;2,4-6H2,1,3H3;6H,3-5H2,1-2H3;3-4H,1H2,2H3. The van der Waals surface area contributed by atoms with E-state index < -0.39 is 0 Å². The summed E-state index contributed by atoms with van der Waals surface area (Å²) in [4.78, 5) is 8.92. The molecule has 252 valence electrons. The summed E-state index contributed by atoms with van der Waals surface area (Å²) in [5.74, 6) is 1.45. The molecule has 0 spiro atoms. The third-order valence-electron chi connectivity index (χ3n) is 7.34. The molecule has 0 amide bonds. The van der Waals surface area contributed by atoms with Crippen molar-refractivity contribution in [1.82, 2.24) is 15.3 Å². The van der Waals surface area contributed by atoms with E-state index in [0.29, 0.717) is 5.92 Å². The fourth-order valence-corrected chi connectivity index (χ4v) is 4.33. The Morgan fingerprint density at radius 1 is 1.07 bits per heavy atom. The number of alkyl halides is 1. The zero-order valence-electron chi connectivity index (χ0n) is 30.4. The monoisotopic (exact) mass is 613 g/mol. The SMILES string of the molecule is C=C(C)CCCC.C=CNC.CCC(CC)CF.CCCCCc1ccc2c(n1)NCCC2.Cc1ncccc1C(C)(C)C. The van der Waals surface area contributed by atoms with E-state index in [4.69, 9.17) is 0 Å². The number of aryl methyl sites for hydroxylation is 3. The number of fused-ring (bicyclic) bond motifs is 1. The molecule has 0 unspecified atom stereocenters. The normalized spacial score (nSPS) is 11.4. The average Bonchev–Trinajstić information content (AvgIpc) is 3.01. The highest BCUT2D eigenvalue weighted by Crippen LogP contribution is 2.23. The number of unbranched alkanes of at least 4 members (excludes halogenated alkanes) is 3. The highest BCUT2D eigenvalue weighted by molar-refractivity contribution is 5.47. The number of nitrogens with zero attached hydrogens (tertiary/aromatic N) is 2. The number of aromatic nitrogens is 2. The highest BCUT2D eigenvalue weighted by Gasteiger charge is 2.15. The van der Waals surface area contributed by atoms with Crippen molar-refractivity contribution in [2.45, 2.75) is 138 Å². The fourth-order valence-electron chi connectivity index (χ4n) is 4.33. The quantitative estimate of drug-likeness (QED) is 0.196. The van der Waals surface area contributed by atoms with Gasteiger partial charge in [-0.2, -0.15) is 0 Å². The van der Waals surface area contributed by atoms with E-state index in [1.54, 1.807) is 6.20 Å². The molecule has 0 atom stereocenters. The Hall–Kier alpha value is -2.69. The number of hydrogen-bond acceptors (Lipinski definition) is 4. The molecule has 3 rings (SSSR count). The smallest absolute Gasteiger partial charge is 0.129 e. The van der Waals surface area contributed by atoms with Gasteiger partial charge >= 0.3 is 0 Å². The molecule has 3 heterocycles. The van der Waals surface area contributed by atoms with Crippen molar-refractivity contribution in [1.29, 1.82) is 0 Å². The summed E-state index contributed by atoms with van der Waals surface area (Å²) in [5, 5.41) is 6.08. The lowest BCUT2D eigenvalue weighted by Gasteiger charge is -2.20. The first-order valence-corrected chi connectivity index (χ1v) is 17.1. The Morgan fingerprint density at radius 3 is 2.11 bits per heavy atom. The van der Waals surface area contributed by atoms with Gasteiger partial charge in [-0.05, 0) is 93.2 Å². The van der Waals surface area contributed by atoms with Crippen molar-refractivity contribution in [3.05, 3.63) is 77.9 Å². The lowest BCUT2D eigenvalue weighted by atomic mass is 9.86. The van der Waals surface area contributed by atoms with Gasteiger partial charge in [0, 0.05) is 31.2 Å². The lowest BCUT2D eigenvalue weighted by molar-refractivity contribution is 0.345. The predicted molar refractivity (Wildman–Crippen MR) is 196 cm³/mol. The van der Waals surface area contributed by atoms with Crippen LogP contribution in [0.2, 0.25) is 0 Å². The molecule has 5 heteroatoms. The van der Waals surface area contributed by atoms with Crippen LogP contribution in [0.3, 0.4) is 0 Å². The van der Waals surface area contributed by atoms with E-state index in [9.17, 15) is 4.39 Å². The number of allylic oxidation sites excluding steroid dienone is 1. The Labute approximate surface area is 272 Å². The number of halogens is 1. The van der Waals surface area contributed by atoms with Gasteiger partial charge in [-0.1, -0.05) is 105 Å². The number of nitrogens with one attached hydrogen (secondary N) is 2. The van der Waals surface area contributed by atoms with Crippen molar-refractivity contribution < 1.29 is 4.39 Å². The molecule has 0 fully saturated rings. The van der Waals surface area contributed by atoms with Gasteiger partial charge in [0.15, 0.2) is 0 Å². The van der Waals surface area contributed by atoms with E-state index in [1.165, 1.54) is 73.8 Å². The maximum atomic E-state index is 11.7. The molecule has 0 radical (unpaired) electrons. The third-order valence-corrected chi connectivity index (χ3v) is 7.34. The highest BCUT2D eigenvalue weighted by atomic mass is 19.1. The number of anilines is 1. The van der Waals surface area contributed by atoms with Crippen LogP contribution in [-0.4, -0.2) is 30.2 Å². The van der Waals surface area contributed by atoms with Crippen LogP contribution in [0, 0.1) is 12.8 Å². The molecule has 0 aliphatic carbocycles. The van der Waals surface area contributed by atoms with E-state index in [1.807, 2.05) is 33.2 Å². The Balaban J connectivity index is 0. The number of hydrogen-bond donors (Lipinski definition) is 2. The van der Waals surface area contributed by atoms with Crippen LogP contribution in [0.15, 0.2) is 55.4 Å². The first kappa shape index (κ1) is 43.4. The van der Waals surface area contributed by atoms with Crippen LogP contribution in [0.25, 0.3) is 0 Å². The summed E-state index contributed by atoms with van der Waals surface area (Å²) in [6.45, 7) is 27.3. The molecule has 4 nitrogen and oxygen atoms in total. The Kier molecular flexibility index (Phi) is 27.5. The minimum Gasteiger partial charge on any atom is -0.394 e. The Bertz CT molecular complexity index is 971. The van der Waals surface area contributed by atoms with Crippen LogP contribution < -0.4 is 10.6 Å². The summed E-state index contributed by atoms with van der Waals surface area (Å²) < 4.78 is 11.7. The summed E-state index contributed by atoms with van der Waals surface area (Å²) in [6.07, 6.45) is 16.6. The summed E-state index contributed by atoms with van der Waals surface area (Å²) >= 11 is 0.